The highest BCUT2D eigenvalue weighted by Gasteiger charge is 2.38. The number of carbonyl (C=O) groups is 2. The number of nitrogens with zero attached hydrogens (tertiary/aromatic N) is 3. The normalized spacial score (nSPS) is 20.3. The highest BCUT2D eigenvalue weighted by atomic mass is 35.5. The van der Waals surface area contributed by atoms with E-state index in [9.17, 15) is 14.0 Å². The Labute approximate surface area is 276 Å². The van der Waals surface area contributed by atoms with Crippen molar-refractivity contribution in [1.29, 1.82) is 0 Å². The third-order valence-corrected chi connectivity index (χ3v) is 10.1. The maximum atomic E-state index is 14.1. The van der Waals surface area contributed by atoms with Crippen molar-refractivity contribution in [2.24, 2.45) is 5.41 Å². The number of methoxy groups -OCH3 is 1. The number of piperazine rings is 1. The number of hydrogen-bond acceptors (Lipinski definition) is 5. The Morgan fingerprint density at radius 1 is 0.957 bits per heavy atom. The van der Waals surface area contributed by atoms with Crippen LogP contribution in [-0.4, -0.2) is 81.1 Å². The second-order valence-electron chi connectivity index (χ2n) is 12.9. The molecule has 2 amide bonds. The van der Waals surface area contributed by atoms with Gasteiger partial charge in [-0.2, -0.15) is 0 Å². The summed E-state index contributed by atoms with van der Waals surface area (Å²) in [5, 5.41) is 3.03. The van der Waals surface area contributed by atoms with E-state index in [1.807, 2.05) is 23.1 Å². The molecule has 2 heterocycles. The minimum absolute atomic E-state index is 0.0216. The van der Waals surface area contributed by atoms with Gasteiger partial charge in [0.25, 0.3) is 11.8 Å². The quantitative estimate of drug-likeness (QED) is 0.280. The molecule has 1 aliphatic carbocycles. The maximum absolute atomic E-state index is 14.1. The van der Waals surface area contributed by atoms with E-state index in [-0.39, 0.29) is 21.9 Å². The number of carbonyl (C=O) groups excluding carboxylic acids is 2. The molecule has 7 nitrogen and oxygen atoms in total. The smallest absolute Gasteiger partial charge is 0.259 e. The molecule has 1 saturated heterocycles. The first-order valence-electron chi connectivity index (χ1n) is 16.1. The lowest BCUT2D eigenvalue weighted by atomic mass is 9.79. The third-order valence-electron chi connectivity index (χ3n) is 9.76. The molecule has 3 aromatic carbocycles. The van der Waals surface area contributed by atoms with Gasteiger partial charge in [-0.15, -0.1) is 0 Å². The van der Waals surface area contributed by atoms with Gasteiger partial charge in [-0.05, 0) is 85.5 Å². The molecule has 6 rings (SSSR count). The van der Waals surface area contributed by atoms with Crippen molar-refractivity contribution < 1.29 is 18.7 Å². The molecule has 46 heavy (non-hydrogen) atoms. The van der Waals surface area contributed by atoms with Crippen LogP contribution >= 0.6 is 11.6 Å². The lowest BCUT2D eigenvalue weighted by molar-refractivity contribution is 0.0984. The summed E-state index contributed by atoms with van der Waals surface area (Å²) < 4.78 is 19.0. The number of fused-ring (bicyclic) bond motifs is 1. The Morgan fingerprint density at radius 3 is 2.52 bits per heavy atom. The van der Waals surface area contributed by atoms with Crippen molar-refractivity contribution in [2.75, 3.05) is 69.7 Å². The summed E-state index contributed by atoms with van der Waals surface area (Å²) in [6.07, 6.45) is 6.49. The summed E-state index contributed by atoms with van der Waals surface area (Å²) in [7, 11) is 1.76. The summed E-state index contributed by atoms with van der Waals surface area (Å²) in [4.78, 5) is 33.8. The Hall–Kier alpha value is -3.56. The predicted octanol–water partition coefficient (Wildman–Crippen LogP) is 6.60. The largest absolute Gasteiger partial charge is 0.383 e. The van der Waals surface area contributed by atoms with E-state index in [2.05, 4.69) is 27.3 Å². The lowest BCUT2D eigenvalue weighted by Crippen LogP contribution is -2.47. The predicted molar refractivity (Wildman–Crippen MR) is 181 cm³/mol. The second kappa shape index (κ2) is 14.1. The molecule has 0 radical (unpaired) electrons. The minimum atomic E-state index is -0.481. The van der Waals surface area contributed by atoms with Gasteiger partial charge in [-0.25, -0.2) is 4.39 Å². The van der Waals surface area contributed by atoms with Crippen LogP contribution < -0.4 is 10.2 Å². The van der Waals surface area contributed by atoms with Crippen LogP contribution in [0.15, 0.2) is 72.3 Å². The van der Waals surface area contributed by atoms with Gasteiger partial charge in [0.2, 0.25) is 0 Å². The Morgan fingerprint density at radius 2 is 1.74 bits per heavy atom. The molecule has 1 atom stereocenters. The SMILES string of the molecule is COCCN1CCN(CC2=CC3(CC2)CCN(C(=O)c2ccc(NC(=O)c4cc(F)ccc4C)cc2Cl)c2ccccc2C3)CC1. The van der Waals surface area contributed by atoms with Gasteiger partial charge in [-0.1, -0.05) is 47.5 Å². The number of allylic oxidation sites excluding steroid dienone is 1. The van der Waals surface area contributed by atoms with Crippen molar-refractivity contribution in [3.8, 4) is 0 Å². The van der Waals surface area contributed by atoms with E-state index >= 15 is 0 Å². The van der Waals surface area contributed by atoms with E-state index in [4.69, 9.17) is 16.3 Å². The van der Waals surface area contributed by atoms with Gasteiger partial charge in [0, 0.05) is 69.9 Å². The zero-order valence-electron chi connectivity index (χ0n) is 26.7. The van der Waals surface area contributed by atoms with Gasteiger partial charge < -0.3 is 15.0 Å². The van der Waals surface area contributed by atoms with Gasteiger partial charge in [0.15, 0.2) is 0 Å². The number of benzene rings is 3. The first-order chi connectivity index (χ1) is 22.2. The molecule has 1 N–H and O–H groups in total. The minimum Gasteiger partial charge on any atom is -0.383 e. The summed E-state index contributed by atoms with van der Waals surface area (Å²) in [5.74, 6) is -1.08. The van der Waals surface area contributed by atoms with Gasteiger partial charge >= 0.3 is 0 Å². The molecule has 0 saturated carbocycles. The number of anilines is 2. The van der Waals surface area contributed by atoms with E-state index < -0.39 is 11.7 Å². The van der Waals surface area contributed by atoms with Crippen LogP contribution in [0.5, 0.6) is 0 Å². The zero-order chi connectivity index (χ0) is 32.3. The summed E-state index contributed by atoms with van der Waals surface area (Å²) in [5.41, 5.74) is 5.35. The van der Waals surface area contributed by atoms with Crippen molar-refractivity contribution in [1.82, 2.24) is 9.80 Å². The Balaban J connectivity index is 1.15. The van der Waals surface area contributed by atoms with E-state index in [0.717, 1.165) is 77.2 Å². The molecular formula is C37H42ClFN4O3. The summed E-state index contributed by atoms with van der Waals surface area (Å²) in [6, 6.07) is 17.2. The van der Waals surface area contributed by atoms with E-state index in [0.29, 0.717) is 23.4 Å². The van der Waals surface area contributed by atoms with Gasteiger partial charge in [0.05, 0.1) is 17.2 Å². The Bertz CT molecular complexity index is 1640. The molecule has 3 aromatic rings. The number of para-hydroxylation sites is 1. The molecular weight excluding hydrogens is 603 g/mol. The van der Waals surface area contributed by atoms with Crippen LogP contribution in [0.1, 0.15) is 51.1 Å². The fourth-order valence-electron chi connectivity index (χ4n) is 7.13. The van der Waals surface area contributed by atoms with Crippen molar-refractivity contribution in [3.05, 3.63) is 105 Å². The Kier molecular flexibility index (Phi) is 9.89. The molecule has 1 spiro atoms. The van der Waals surface area contributed by atoms with E-state index in [1.165, 1.54) is 23.3 Å². The molecule has 0 bridgehead atoms. The highest BCUT2D eigenvalue weighted by Crippen LogP contribution is 2.46. The van der Waals surface area contributed by atoms with E-state index in [1.54, 1.807) is 38.3 Å². The van der Waals surface area contributed by atoms with Crippen LogP contribution in [0.25, 0.3) is 0 Å². The average Bonchev–Trinajstić information content (AvgIpc) is 3.35. The molecule has 2 aliphatic heterocycles. The second-order valence-corrected chi connectivity index (χ2v) is 13.3. The molecule has 1 unspecified atom stereocenters. The molecule has 1 fully saturated rings. The van der Waals surface area contributed by atoms with Crippen LogP contribution in [-0.2, 0) is 11.2 Å². The topological polar surface area (TPSA) is 65.1 Å². The van der Waals surface area contributed by atoms with Crippen LogP contribution in [0, 0.1) is 18.2 Å². The number of rotatable bonds is 8. The highest BCUT2D eigenvalue weighted by molar-refractivity contribution is 6.35. The third kappa shape index (κ3) is 7.20. The number of halogens is 2. The van der Waals surface area contributed by atoms with Crippen molar-refractivity contribution in [2.45, 2.75) is 32.6 Å². The summed E-state index contributed by atoms with van der Waals surface area (Å²) >= 11 is 6.68. The zero-order valence-corrected chi connectivity index (χ0v) is 27.4. The van der Waals surface area contributed by atoms with Crippen LogP contribution in [0.3, 0.4) is 0 Å². The number of ether oxygens (including phenoxy) is 1. The van der Waals surface area contributed by atoms with Gasteiger partial charge in [-0.3, -0.25) is 19.4 Å². The first-order valence-corrected chi connectivity index (χ1v) is 16.5. The molecule has 3 aliphatic rings. The maximum Gasteiger partial charge on any atom is 0.259 e. The molecule has 242 valence electrons. The number of amides is 2. The number of aryl methyl sites for hydroxylation is 1. The fraction of sp³-hybridized carbons (Fsp3) is 0.405. The van der Waals surface area contributed by atoms with Crippen molar-refractivity contribution >= 4 is 34.8 Å². The lowest BCUT2D eigenvalue weighted by Gasteiger charge is -2.34. The van der Waals surface area contributed by atoms with Gasteiger partial charge in [0.1, 0.15) is 5.82 Å². The van der Waals surface area contributed by atoms with Crippen LogP contribution in [0.4, 0.5) is 15.8 Å². The monoisotopic (exact) mass is 644 g/mol. The van der Waals surface area contributed by atoms with Crippen molar-refractivity contribution in [3.63, 3.8) is 0 Å². The standard InChI is InChI=1S/C37H42ClFN4O3/c1-26-7-8-29(39)21-32(26)35(44)40-30-9-10-31(33(38)22-30)36(45)43-14-13-37(24-28-5-3-4-6-34(28)43)12-11-27(23-37)25-42-17-15-41(16-18-42)19-20-46-2/h3-10,21-23H,11-20,24-25H2,1-2H3,(H,40,44). The summed E-state index contributed by atoms with van der Waals surface area (Å²) in [6.45, 7) is 9.44. The molecule has 9 heteroatoms. The average molecular weight is 645 g/mol. The fourth-order valence-corrected chi connectivity index (χ4v) is 7.39. The van der Waals surface area contributed by atoms with Crippen LogP contribution in [0.2, 0.25) is 5.02 Å². The molecule has 0 aromatic heterocycles. The number of nitrogens with one attached hydrogen (secondary N) is 1. The number of hydrogen-bond donors (Lipinski definition) is 1. The first kappa shape index (κ1) is 32.4.